The van der Waals surface area contributed by atoms with Gasteiger partial charge in [0.2, 0.25) is 5.91 Å². The van der Waals surface area contributed by atoms with Gasteiger partial charge in [0.15, 0.2) is 0 Å². The van der Waals surface area contributed by atoms with E-state index in [1.54, 1.807) is 7.05 Å². The van der Waals surface area contributed by atoms with Crippen molar-refractivity contribution in [2.45, 2.75) is 32.6 Å². The summed E-state index contributed by atoms with van der Waals surface area (Å²) in [4.78, 5) is 11.3. The van der Waals surface area contributed by atoms with E-state index in [9.17, 15) is 4.79 Å². The molecular formula is C13H20N2O. The first kappa shape index (κ1) is 12.7. The minimum atomic E-state index is -0.0150. The van der Waals surface area contributed by atoms with Crippen molar-refractivity contribution in [1.29, 1.82) is 0 Å². The second-order valence-corrected chi connectivity index (χ2v) is 4.03. The number of rotatable bonds is 5. The van der Waals surface area contributed by atoms with Crippen molar-refractivity contribution in [2.24, 2.45) is 0 Å². The number of hydrogen-bond acceptors (Lipinski definition) is 2. The molecule has 1 aromatic carbocycles. The maximum atomic E-state index is 11.3. The van der Waals surface area contributed by atoms with Crippen LogP contribution >= 0.6 is 0 Å². The van der Waals surface area contributed by atoms with Crippen LogP contribution in [0.2, 0.25) is 0 Å². The van der Waals surface area contributed by atoms with Crippen LogP contribution in [0.1, 0.15) is 37.3 Å². The average Bonchev–Trinajstić information content (AvgIpc) is 2.29. The van der Waals surface area contributed by atoms with Crippen LogP contribution in [0.3, 0.4) is 0 Å². The van der Waals surface area contributed by atoms with Crippen LogP contribution in [0.25, 0.3) is 0 Å². The first-order valence-electron chi connectivity index (χ1n) is 5.71. The highest BCUT2D eigenvalue weighted by Crippen LogP contribution is 2.18. The molecule has 0 fully saturated rings. The summed E-state index contributed by atoms with van der Waals surface area (Å²) >= 11 is 0. The molecule has 0 radical (unpaired) electrons. The summed E-state index contributed by atoms with van der Waals surface area (Å²) in [5, 5.41) is 0. The molecule has 0 aromatic heterocycles. The van der Waals surface area contributed by atoms with Gasteiger partial charge >= 0.3 is 0 Å². The third kappa shape index (κ3) is 3.66. The molecule has 0 spiro atoms. The standard InChI is InChI=1S/C13H20N2O/c1-4-10(2)12-7-5-11(6-8-12)9-13(16)15-14-3/h5-8,10,14H,4,9H2,1-3H3,(H,15,16). The van der Waals surface area contributed by atoms with Crippen LogP contribution < -0.4 is 10.9 Å². The van der Waals surface area contributed by atoms with Gasteiger partial charge in [-0.1, -0.05) is 38.1 Å². The summed E-state index contributed by atoms with van der Waals surface area (Å²) < 4.78 is 0. The molecule has 0 heterocycles. The molecule has 1 amide bonds. The van der Waals surface area contributed by atoms with E-state index in [1.165, 1.54) is 5.56 Å². The molecule has 3 heteroatoms. The van der Waals surface area contributed by atoms with Gasteiger partial charge in [-0.25, -0.2) is 5.43 Å². The molecule has 88 valence electrons. The summed E-state index contributed by atoms with van der Waals surface area (Å²) in [5.41, 5.74) is 7.56. The van der Waals surface area contributed by atoms with E-state index in [0.717, 1.165) is 12.0 Å². The molecule has 1 aromatic rings. The van der Waals surface area contributed by atoms with Gasteiger partial charge in [-0.2, -0.15) is 0 Å². The van der Waals surface area contributed by atoms with Gasteiger partial charge in [-0.05, 0) is 23.5 Å². The summed E-state index contributed by atoms with van der Waals surface area (Å²) in [6, 6.07) is 8.26. The third-order valence-corrected chi connectivity index (χ3v) is 2.79. The zero-order valence-corrected chi connectivity index (χ0v) is 10.2. The lowest BCUT2D eigenvalue weighted by molar-refractivity contribution is -0.121. The minimum absolute atomic E-state index is 0.0150. The Balaban J connectivity index is 2.61. The highest BCUT2D eigenvalue weighted by atomic mass is 16.2. The van der Waals surface area contributed by atoms with Crippen LogP contribution in [0.5, 0.6) is 0 Å². The quantitative estimate of drug-likeness (QED) is 0.745. The Hall–Kier alpha value is -1.35. The van der Waals surface area contributed by atoms with Gasteiger partial charge in [-0.3, -0.25) is 10.2 Å². The molecular weight excluding hydrogens is 200 g/mol. The molecule has 0 bridgehead atoms. The SMILES string of the molecule is CCC(C)c1ccc(CC(=O)NNC)cc1. The summed E-state index contributed by atoms with van der Waals surface area (Å²) in [7, 11) is 1.68. The number of carbonyl (C=O) groups is 1. The Labute approximate surface area is 97.2 Å². The van der Waals surface area contributed by atoms with Crippen LogP contribution in [0.15, 0.2) is 24.3 Å². The molecule has 0 aliphatic carbocycles. The van der Waals surface area contributed by atoms with Crippen molar-refractivity contribution in [3.63, 3.8) is 0 Å². The minimum Gasteiger partial charge on any atom is -0.292 e. The van der Waals surface area contributed by atoms with Crippen LogP contribution in [0.4, 0.5) is 0 Å². The normalized spacial score (nSPS) is 12.2. The van der Waals surface area contributed by atoms with E-state index in [2.05, 4.69) is 36.8 Å². The van der Waals surface area contributed by atoms with Crippen molar-refractivity contribution in [3.8, 4) is 0 Å². The van der Waals surface area contributed by atoms with Crippen LogP contribution in [-0.4, -0.2) is 13.0 Å². The van der Waals surface area contributed by atoms with Gasteiger partial charge < -0.3 is 0 Å². The van der Waals surface area contributed by atoms with Crippen molar-refractivity contribution in [1.82, 2.24) is 10.9 Å². The molecule has 0 saturated heterocycles. The van der Waals surface area contributed by atoms with E-state index < -0.39 is 0 Å². The number of nitrogens with one attached hydrogen (secondary N) is 2. The van der Waals surface area contributed by atoms with Crippen LogP contribution in [-0.2, 0) is 11.2 Å². The second-order valence-electron chi connectivity index (χ2n) is 4.03. The molecule has 16 heavy (non-hydrogen) atoms. The van der Waals surface area contributed by atoms with E-state index >= 15 is 0 Å². The molecule has 1 unspecified atom stereocenters. The molecule has 3 nitrogen and oxygen atoms in total. The molecule has 2 N–H and O–H groups in total. The Morgan fingerprint density at radius 2 is 1.94 bits per heavy atom. The van der Waals surface area contributed by atoms with Gasteiger partial charge in [0, 0.05) is 7.05 Å². The van der Waals surface area contributed by atoms with Gasteiger partial charge in [0.25, 0.3) is 0 Å². The average molecular weight is 220 g/mol. The maximum Gasteiger partial charge on any atom is 0.238 e. The topological polar surface area (TPSA) is 41.1 Å². The van der Waals surface area contributed by atoms with Crippen LogP contribution in [0, 0.1) is 0 Å². The predicted molar refractivity (Wildman–Crippen MR) is 66.1 cm³/mol. The van der Waals surface area contributed by atoms with Crippen molar-refractivity contribution >= 4 is 5.91 Å². The molecule has 0 saturated carbocycles. The Bertz CT molecular complexity index is 332. The predicted octanol–water partition coefficient (Wildman–Crippen LogP) is 1.99. The first-order valence-corrected chi connectivity index (χ1v) is 5.71. The van der Waals surface area contributed by atoms with E-state index in [0.29, 0.717) is 12.3 Å². The van der Waals surface area contributed by atoms with Gasteiger partial charge in [0.1, 0.15) is 0 Å². The molecule has 1 atom stereocenters. The highest BCUT2D eigenvalue weighted by Gasteiger charge is 2.04. The smallest absolute Gasteiger partial charge is 0.238 e. The monoisotopic (exact) mass is 220 g/mol. The molecule has 0 aliphatic rings. The number of amides is 1. The maximum absolute atomic E-state index is 11.3. The zero-order valence-electron chi connectivity index (χ0n) is 10.2. The van der Waals surface area contributed by atoms with Crippen molar-refractivity contribution in [3.05, 3.63) is 35.4 Å². The first-order chi connectivity index (χ1) is 7.67. The lowest BCUT2D eigenvalue weighted by atomic mass is 9.97. The Morgan fingerprint density at radius 3 is 2.44 bits per heavy atom. The fourth-order valence-electron chi connectivity index (χ4n) is 1.57. The Morgan fingerprint density at radius 1 is 1.31 bits per heavy atom. The second kappa shape index (κ2) is 6.28. The summed E-state index contributed by atoms with van der Waals surface area (Å²) in [6.45, 7) is 4.39. The fraction of sp³-hybridized carbons (Fsp3) is 0.462. The lowest BCUT2D eigenvalue weighted by Crippen LogP contribution is -2.35. The molecule has 0 aliphatic heterocycles. The Kier molecular flexibility index (Phi) is 4.99. The fourth-order valence-corrected chi connectivity index (χ4v) is 1.57. The zero-order chi connectivity index (χ0) is 12.0. The summed E-state index contributed by atoms with van der Waals surface area (Å²) in [6.07, 6.45) is 1.56. The number of carbonyl (C=O) groups excluding carboxylic acids is 1. The van der Waals surface area contributed by atoms with Crippen molar-refractivity contribution < 1.29 is 4.79 Å². The van der Waals surface area contributed by atoms with E-state index in [4.69, 9.17) is 0 Å². The van der Waals surface area contributed by atoms with Gasteiger partial charge in [0.05, 0.1) is 6.42 Å². The highest BCUT2D eigenvalue weighted by molar-refractivity contribution is 5.78. The van der Waals surface area contributed by atoms with Gasteiger partial charge in [-0.15, -0.1) is 0 Å². The summed E-state index contributed by atoms with van der Waals surface area (Å²) in [5.74, 6) is 0.568. The number of hydrazine groups is 1. The number of hydrogen-bond donors (Lipinski definition) is 2. The van der Waals surface area contributed by atoms with Crippen molar-refractivity contribution in [2.75, 3.05) is 7.05 Å². The van der Waals surface area contributed by atoms with E-state index in [1.807, 2.05) is 12.1 Å². The molecule has 1 rings (SSSR count). The third-order valence-electron chi connectivity index (χ3n) is 2.79. The largest absolute Gasteiger partial charge is 0.292 e. The van der Waals surface area contributed by atoms with E-state index in [-0.39, 0.29) is 5.91 Å². The number of benzene rings is 1. The lowest BCUT2D eigenvalue weighted by Gasteiger charge is -2.09.